The Balaban J connectivity index is 4.05. The monoisotopic (exact) mass is 1190 g/mol. The zero-order valence-corrected chi connectivity index (χ0v) is 56.0. The van der Waals surface area contributed by atoms with E-state index in [1.165, 1.54) is 173 Å². The molecule has 0 aliphatic heterocycles. The van der Waals surface area contributed by atoms with Crippen molar-refractivity contribution in [3.8, 4) is 0 Å². The van der Waals surface area contributed by atoms with Crippen molar-refractivity contribution >= 4 is 19.8 Å². The van der Waals surface area contributed by atoms with E-state index in [4.69, 9.17) is 18.5 Å². The number of carbonyl (C=O) groups is 2. The lowest BCUT2D eigenvalue weighted by molar-refractivity contribution is -0.870. The van der Waals surface area contributed by atoms with Gasteiger partial charge in [0.2, 0.25) is 0 Å². The van der Waals surface area contributed by atoms with Crippen molar-refractivity contribution in [3.63, 3.8) is 0 Å². The highest BCUT2D eigenvalue weighted by atomic mass is 31.2. The molecule has 0 heterocycles. The van der Waals surface area contributed by atoms with Crippen molar-refractivity contribution in [1.82, 2.24) is 0 Å². The minimum absolute atomic E-state index is 0.0284. The smallest absolute Gasteiger partial charge is 0.462 e. The van der Waals surface area contributed by atoms with Gasteiger partial charge in [0.05, 0.1) is 27.7 Å². The SMILES string of the molecule is CC/C=C\C/C=C\C/C=C\C/C=C\C/C=C\C/C=C\C/C=C\CCCCCCCCCCCCCCCCCC(=O)OC(COC(=O)CCCCCCCCCCCCC/C=C\C/C=C\CCCCCCC)COP(=O)(O)OCC[N+](C)(C)C. The number of hydrogen-bond acceptors (Lipinski definition) is 7. The lowest BCUT2D eigenvalue weighted by Gasteiger charge is -2.24. The van der Waals surface area contributed by atoms with E-state index in [1.54, 1.807) is 0 Å². The number of allylic oxidation sites excluding steroid dienone is 18. The number of esters is 2. The van der Waals surface area contributed by atoms with Gasteiger partial charge in [-0.05, 0) is 103 Å². The maximum absolute atomic E-state index is 12.9. The average molecular weight is 1190 g/mol. The van der Waals surface area contributed by atoms with Crippen LogP contribution >= 0.6 is 7.82 Å². The molecular formula is C74H131NO8P+. The molecule has 0 aliphatic rings. The molecule has 0 fully saturated rings. The molecule has 1 N–H and O–H groups in total. The first-order valence-corrected chi connectivity index (χ1v) is 36.1. The van der Waals surface area contributed by atoms with Crippen LogP contribution in [0.1, 0.15) is 296 Å². The van der Waals surface area contributed by atoms with E-state index in [0.717, 1.165) is 89.9 Å². The van der Waals surface area contributed by atoms with Gasteiger partial charge in [-0.25, -0.2) is 4.57 Å². The van der Waals surface area contributed by atoms with Gasteiger partial charge in [0.15, 0.2) is 6.10 Å². The van der Waals surface area contributed by atoms with Crippen LogP contribution in [0.3, 0.4) is 0 Å². The van der Waals surface area contributed by atoms with Gasteiger partial charge < -0.3 is 18.9 Å². The van der Waals surface area contributed by atoms with Crippen LogP contribution in [0.5, 0.6) is 0 Å². The van der Waals surface area contributed by atoms with Crippen molar-refractivity contribution in [2.45, 2.75) is 302 Å². The highest BCUT2D eigenvalue weighted by Gasteiger charge is 2.27. The minimum Gasteiger partial charge on any atom is -0.462 e. The molecule has 0 saturated heterocycles. The van der Waals surface area contributed by atoms with Gasteiger partial charge in [0.1, 0.15) is 19.8 Å². The minimum atomic E-state index is -4.40. The Hall–Kier alpha value is -3.33. The second kappa shape index (κ2) is 64.2. The topological polar surface area (TPSA) is 108 Å². The zero-order chi connectivity index (χ0) is 61.2. The van der Waals surface area contributed by atoms with Crippen LogP contribution in [0.25, 0.3) is 0 Å². The number of hydrogen-bond donors (Lipinski definition) is 1. The van der Waals surface area contributed by atoms with E-state index >= 15 is 0 Å². The Morgan fingerprint density at radius 3 is 1.01 bits per heavy atom. The van der Waals surface area contributed by atoms with Crippen LogP contribution in [-0.4, -0.2) is 74.9 Å². The molecule has 0 aliphatic carbocycles. The van der Waals surface area contributed by atoms with Gasteiger partial charge in [0, 0.05) is 12.8 Å². The van der Waals surface area contributed by atoms with Gasteiger partial charge in [-0.15, -0.1) is 0 Å². The fourth-order valence-corrected chi connectivity index (χ4v) is 10.2. The number of quaternary nitrogens is 1. The molecule has 0 saturated carbocycles. The zero-order valence-electron chi connectivity index (χ0n) is 55.1. The number of carbonyl (C=O) groups excluding carboxylic acids is 2. The fourth-order valence-electron chi connectivity index (χ4n) is 9.50. The molecule has 84 heavy (non-hydrogen) atoms. The number of nitrogens with zero attached hydrogens (tertiary/aromatic N) is 1. The number of unbranched alkanes of at least 4 members (excludes halogenated alkanes) is 31. The van der Waals surface area contributed by atoms with Crippen LogP contribution in [0, 0.1) is 0 Å². The molecular weight excluding hydrogens is 1060 g/mol. The summed E-state index contributed by atoms with van der Waals surface area (Å²) < 4.78 is 34.7. The Morgan fingerprint density at radius 2 is 0.679 bits per heavy atom. The lowest BCUT2D eigenvalue weighted by atomic mass is 10.0. The maximum Gasteiger partial charge on any atom is 0.472 e. The molecule has 0 amide bonds. The highest BCUT2D eigenvalue weighted by molar-refractivity contribution is 7.47. The molecule has 0 aromatic heterocycles. The standard InChI is InChI=1S/C74H130NO8P/c1-6-8-10-12-14-16-18-20-22-24-26-28-30-31-32-33-34-35-36-37-38-39-40-41-42-43-45-47-49-51-53-55-57-59-61-63-65-67-74(77)83-72(71-82-84(78,79)81-69-68-75(3,4)5)70-80-73(76)66-64-62-60-58-56-54-52-50-48-46-44-29-27-25-23-21-19-17-15-13-11-9-7-2/h8,10,14,16,19-22,25-28,31-32,34-35,37-38,72H,6-7,9,11-13,15,17-18,23-24,29-30,33,36,39-71H2,1-5H3/p+1/b10-8-,16-14-,21-19-,22-20-,27-25-,28-26-,32-31-,35-34-,38-37-. The molecule has 0 aromatic rings. The van der Waals surface area contributed by atoms with Crippen LogP contribution in [0.2, 0.25) is 0 Å². The predicted octanol–water partition coefficient (Wildman–Crippen LogP) is 22.5. The summed E-state index contributed by atoms with van der Waals surface area (Å²) in [5, 5.41) is 0. The summed E-state index contributed by atoms with van der Waals surface area (Å²) in [4.78, 5) is 35.9. The Morgan fingerprint density at radius 1 is 0.381 bits per heavy atom. The Kier molecular flexibility index (Phi) is 61.6. The molecule has 0 bridgehead atoms. The molecule has 0 radical (unpaired) electrons. The molecule has 2 unspecified atom stereocenters. The summed E-state index contributed by atoms with van der Waals surface area (Å²) in [5.41, 5.74) is 0. The predicted molar refractivity (Wildman–Crippen MR) is 362 cm³/mol. The van der Waals surface area contributed by atoms with Gasteiger partial charge in [-0.1, -0.05) is 290 Å². The molecule has 2 atom stereocenters. The van der Waals surface area contributed by atoms with E-state index in [0.29, 0.717) is 17.4 Å². The number of rotatable bonds is 63. The van der Waals surface area contributed by atoms with E-state index in [2.05, 4.69) is 123 Å². The van der Waals surface area contributed by atoms with Crippen molar-refractivity contribution in [3.05, 3.63) is 109 Å². The summed E-state index contributed by atoms with van der Waals surface area (Å²) in [6.45, 7) is 4.33. The lowest BCUT2D eigenvalue weighted by Crippen LogP contribution is -2.37. The summed E-state index contributed by atoms with van der Waals surface area (Å²) in [7, 11) is 1.48. The van der Waals surface area contributed by atoms with Crippen molar-refractivity contribution in [1.29, 1.82) is 0 Å². The largest absolute Gasteiger partial charge is 0.472 e. The van der Waals surface area contributed by atoms with E-state index in [1.807, 2.05) is 21.1 Å². The highest BCUT2D eigenvalue weighted by Crippen LogP contribution is 2.43. The molecule has 0 aromatic carbocycles. The first-order chi connectivity index (χ1) is 41.0. The van der Waals surface area contributed by atoms with Gasteiger partial charge >= 0.3 is 19.8 Å². The van der Waals surface area contributed by atoms with Crippen LogP contribution < -0.4 is 0 Å². The first-order valence-electron chi connectivity index (χ1n) is 34.6. The molecule has 9 nitrogen and oxygen atoms in total. The van der Waals surface area contributed by atoms with Crippen LogP contribution in [0.15, 0.2) is 109 Å². The van der Waals surface area contributed by atoms with E-state index < -0.39 is 26.5 Å². The molecule has 484 valence electrons. The number of likely N-dealkylation sites (N-methyl/N-ethyl adjacent to an activating group) is 1. The van der Waals surface area contributed by atoms with Crippen molar-refractivity contribution in [2.24, 2.45) is 0 Å². The van der Waals surface area contributed by atoms with E-state index in [-0.39, 0.29) is 32.0 Å². The second-order valence-corrected chi connectivity index (χ2v) is 25.6. The Labute approximate surface area is 518 Å². The summed E-state index contributed by atoms with van der Waals surface area (Å²) in [6, 6.07) is 0. The Bertz CT molecular complexity index is 1790. The summed E-state index contributed by atoms with van der Waals surface area (Å²) in [6.07, 6.45) is 90.4. The molecule has 0 rings (SSSR count). The quantitative estimate of drug-likeness (QED) is 0.0211. The van der Waals surface area contributed by atoms with Crippen molar-refractivity contribution < 1.29 is 42.1 Å². The first kappa shape index (κ1) is 80.7. The third-order valence-electron chi connectivity index (χ3n) is 14.8. The number of phosphoric ester groups is 1. The van der Waals surface area contributed by atoms with Crippen LogP contribution in [-0.2, 0) is 32.7 Å². The van der Waals surface area contributed by atoms with Crippen molar-refractivity contribution in [2.75, 3.05) is 47.5 Å². The summed E-state index contributed by atoms with van der Waals surface area (Å²) >= 11 is 0. The van der Waals surface area contributed by atoms with Crippen LogP contribution in [0.4, 0.5) is 0 Å². The number of phosphoric acid groups is 1. The van der Waals surface area contributed by atoms with Gasteiger partial charge in [-0.2, -0.15) is 0 Å². The third kappa shape index (κ3) is 67.8. The average Bonchev–Trinajstić information content (AvgIpc) is 3.61. The molecule has 0 spiro atoms. The van der Waals surface area contributed by atoms with E-state index in [9.17, 15) is 19.0 Å². The normalized spacial score (nSPS) is 13.8. The number of ether oxygens (including phenoxy) is 2. The maximum atomic E-state index is 12.9. The van der Waals surface area contributed by atoms with Gasteiger partial charge in [-0.3, -0.25) is 18.6 Å². The summed E-state index contributed by atoms with van der Waals surface area (Å²) in [5.74, 6) is -0.795. The third-order valence-corrected chi connectivity index (χ3v) is 15.8. The fraction of sp³-hybridized carbons (Fsp3) is 0.730. The molecule has 10 heteroatoms. The van der Waals surface area contributed by atoms with Gasteiger partial charge in [0.25, 0.3) is 0 Å². The second-order valence-electron chi connectivity index (χ2n) is 24.2.